The normalized spacial score (nSPS) is 21.0. The molecule has 0 saturated carbocycles. The van der Waals surface area contributed by atoms with E-state index >= 15 is 0 Å². The maximum atomic E-state index is 13.2. The molecular weight excluding hydrogens is 481 g/mol. The number of hydrogen-bond donors (Lipinski definition) is 1. The lowest BCUT2D eigenvalue weighted by molar-refractivity contribution is -0.137. The van der Waals surface area contributed by atoms with Gasteiger partial charge in [0.1, 0.15) is 5.82 Å². The summed E-state index contributed by atoms with van der Waals surface area (Å²) < 4.78 is 66.4. The van der Waals surface area contributed by atoms with Crippen molar-refractivity contribution >= 4 is 37.3 Å². The van der Waals surface area contributed by atoms with E-state index in [2.05, 4.69) is 24.9 Å². The van der Waals surface area contributed by atoms with Gasteiger partial charge in [-0.2, -0.15) is 17.5 Å². The van der Waals surface area contributed by atoms with Gasteiger partial charge in [0, 0.05) is 57.1 Å². The molecule has 0 amide bonds. The van der Waals surface area contributed by atoms with Crippen molar-refractivity contribution in [3.8, 4) is 11.3 Å². The van der Waals surface area contributed by atoms with Crippen LogP contribution in [0.2, 0.25) is 0 Å². The van der Waals surface area contributed by atoms with Gasteiger partial charge in [0.25, 0.3) is 0 Å². The Morgan fingerprint density at radius 2 is 1.94 bits per heavy atom. The molecule has 2 saturated heterocycles. The summed E-state index contributed by atoms with van der Waals surface area (Å²) in [6.45, 7) is 3.81. The minimum atomic E-state index is -4.61. The van der Waals surface area contributed by atoms with Crippen LogP contribution >= 0.6 is 11.3 Å². The molecule has 5 heterocycles. The summed E-state index contributed by atoms with van der Waals surface area (Å²) in [6.07, 6.45) is -0.562. The Morgan fingerprint density at radius 3 is 2.64 bits per heavy atom. The lowest BCUT2D eigenvalue weighted by Crippen LogP contribution is -2.62. The highest BCUT2D eigenvalue weighted by Gasteiger charge is 2.36. The highest BCUT2D eigenvalue weighted by molar-refractivity contribution is 7.88. The third kappa shape index (κ3) is 4.25. The van der Waals surface area contributed by atoms with E-state index in [1.165, 1.54) is 32.6 Å². The van der Waals surface area contributed by atoms with E-state index in [0.717, 1.165) is 24.3 Å². The molecule has 5 rings (SSSR count). The van der Waals surface area contributed by atoms with E-state index in [1.807, 2.05) is 0 Å². The van der Waals surface area contributed by atoms with Crippen LogP contribution in [0.5, 0.6) is 0 Å². The molecule has 178 valence electrons. The second-order valence-corrected chi connectivity index (χ2v) is 11.1. The van der Waals surface area contributed by atoms with Crippen molar-refractivity contribution in [1.29, 1.82) is 0 Å². The number of rotatable bonds is 3. The van der Waals surface area contributed by atoms with E-state index in [1.54, 1.807) is 6.20 Å². The number of imidazole rings is 1. The number of pyridine rings is 1. The number of aromatic nitrogens is 4. The second kappa shape index (κ2) is 7.78. The Hall–Kier alpha value is -2.49. The van der Waals surface area contributed by atoms with Gasteiger partial charge in [-0.15, -0.1) is 5.10 Å². The number of nitrogen functional groups attached to an aromatic ring is 1. The lowest BCUT2D eigenvalue weighted by Gasteiger charge is -2.46. The van der Waals surface area contributed by atoms with Crippen LogP contribution in [0.15, 0.2) is 18.5 Å². The molecule has 0 radical (unpaired) electrons. The summed E-state index contributed by atoms with van der Waals surface area (Å²) >= 11 is 1.33. The third-order valence-corrected chi connectivity index (χ3v) is 8.20. The number of hydrogen-bond acceptors (Lipinski definition) is 9. The molecule has 10 nitrogen and oxygen atoms in total. The number of anilines is 2. The van der Waals surface area contributed by atoms with Crippen LogP contribution in [0.25, 0.3) is 16.2 Å². The van der Waals surface area contributed by atoms with Crippen molar-refractivity contribution < 1.29 is 21.6 Å². The second-order valence-electron chi connectivity index (χ2n) is 8.15. The van der Waals surface area contributed by atoms with Crippen molar-refractivity contribution in [3.05, 3.63) is 24.0 Å². The number of alkyl halides is 3. The molecule has 0 aliphatic carbocycles. The topological polar surface area (TPSA) is 113 Å². The largest absolute Gasteiger partial charge is 0.419 e. The fourth-order valence-electron chi connectivity index (χ4n) is 4.20. The van der Waals surface area contributed by atoms with Crippen LogP contribution in [0.1, 0.15) is 5.56 Å². The standard InChI is InChI=1S/C18H21F3N8O2S2/c1-33(30,31)28-5-4-26-2-3-27(8-12(26)9-28)17-25-29-10-14(24-16(29)32-17)11-6-13(18(19,20)21)15(22)23-7-11/h6-7,10,12H,2-5,8-9H2,1H3,(H2,22,23). The maximum absolute atomic E-state index is 13.2. The fourth-order valence-corrected chi connectivity index (χ4v) is 5.97. The SMILES string of the molecule is CS(=O)(=O)N1CCN2CCN(c3nn4cc(-c5cnc(N)c(C(F)(F)F)c5)nc4s3)CC2C1. The number of sulfonamides is 1. The summed E-state index contributed by atoms with van der Waals surface area (Å²) in [5.41, 5.74) is 4.90. The van der Waals surface area contributed by atoms with Crippen molar-refractivity contribution in [3.63, 3.8) is 0 Å². The quantitative estimate of drug-likeness (QED) is 0.569. The molecule has 0 spiro atoms. The first-order valence-corrected chi connectivity index (χ1v) is 12.8. The molecule has 0 aromatic carbocycles. The van der Waals surface area contributed by atoms with E-state index in [9.17, 15) is 21.6 Å². The maximum Gasteiger partial charge on any atom is 0.419 e. The van der Waals surface area contributed by atoms with Crippen LogP contribution in [0, 0.1) is 0 Å². The molecule has 3 aromatic rings. The van der Waals surface area contributed by atoms with Crippen molar-refractivity contribution in [2.45, 2.75) is 12.2 Å². The third-order valence-electron chi connectivity index (χ3n) is 5.95. The zero-order valence-corrected chi connectivity index (χ0v) is 19.2. The van der Waals surface area contributed by atoms with E-state index in [-0.39, 0.29) is 11.6 Å². The number of piperazine rings is 2. The number of nitrogens with two attached hydrogens (primary N) is 1. The van der Waals surface area contributed by atoms with Gasteiger partial charge in [0.05, 0.1) is 23.7 Å². The molecule has 1 atom stereocenters. The zero-order valence-electron chi connectivity index (χ0n) is 17.5. The van der Waals surface area contributed by atoms with Gasteiger partial charge in [-0.1, -0.05) is 11.3 Å². The van der Waals surface area contributed by atoms with E-state index < -0.39 is 27.6 Å². The van der Waals surface area contributed by atoms with Crippen molar-refractivity contribution in [2.24, 2.45) is 0 Å². The van der Waals surface area contributed by atoms with Gasteiger partial charge in [-0.05, 0) is 6.07 Å². The number of fused-ring (bicyclic) bond motifs is 2. The highest BCUT2D eigenvalue weighted by atomic mass is 32.2. The fraction of sp³-hybridized carbons (Fsp3) is 0.500. The summed E-state index contributed by atoms with van der Waals surface area (Å²) in [5, 5.41) is 5.29. The average Bonchev–Trinajstić information content (AvgIpc) is 3.31. The van der Waals surface area contributed by atoms with Gasteiger partial charge in [-0.3, -0.25) is 4.90 Å². The van der Waals surface area contributed by atoms with Crippen molar-refractivity contribution in [1.82, 2.24) is 28.8 Å². The van der Waals surface area contributed by atoms with Gasteiger partial charge in [-0.25, -0.2) is 22.9 Å². The molecule has 0 bridgehead atoms. The van der Waals surface area contributed by atoms with Crippen LogP contribution in [0.4, 0.5) is 24.1 Å². The van der Waals surface area contributed by atoms with Crippen LogP contribution in [-0.2, 0) is 16.2 Å². The number of halogens is 3. The Labute approximate surface area is 191 Å². The summed E-state index contributed by atoms with van der Waals surface area (Å²) in [5.74, 6) is -0.580. The van der Waals surface area contributed by atoms with E-state index in [0.29, 0.717) is 36.8 Å². The average molecular weight is 503 g/mol. The summed E-state index contributed by atoms with van der Waals surface area (Å²) in [6, 6.07) is 1.00. The van der Waals surface area contributed by atoms with Crippen LogP contribution < -0.4 is 10.6 Å². The predicted octanol–water partition coefficient (Wildman–Crippen LogP) is 1.22. The first-order valence-electron chi connectivity index (χ1n) is 10.1. The number of nitrogens with zero attached hydrogens (tertiary/aromatic N) is 7. The molecule has 2 aliphatic rings. The Bertz CT molecular complexity index is 1270. The lowest BCUT2D eigenvalue weighted by atomic mass is 10.1. The van der Waals surface area contributed by atoms with Gasteiger partial charge in [0.15, 0.2) is 0 Å². The first kappa shape index (κ1) is 22.3. The Balaban J connectivity index is 1.36. The summed E-state index contributed by atoms with van der Waals surface area (Å²) in [4.78, 5) is 13.0. The first-order chi connectivity index (χ1) is 15.5. The summed E-state index contributed by atoms with van der Waals surface area (Å²) in [7, 11) is -3.24. The molecule has 33 heavy (non-hydrogen) atoms. The monoisotopic (exact) mass is 502 g/mol. The van der Waals surface area contributed by atoms with Crippen LogP contribution in [0.3, 0.4) is 0 Å². The minimum absolute atomic E-state index is 0.0654. The molecule has 2 fully saturated rings. The minimum Gasteiger partial charge on any atom is -0.383 e. The molecule has 2 aliphatic heterocycles. The molecule has 3 aromatic heterocycles. The van der Waals surface area contributed by atoms with Crippen molar-refractivity contribution in [2.75, 3.05) is 56.2 Å². The Kier molecular flexibility index (Phi) is 5.26. The molecular formula is C18H21F3N8O2S2. The zero-order chi connectivity index (χ0) is 23.5. The van der Waals surface area contributed by atoms with Gasteiger partial charge < -0.3 is 10.6 Å². The molecule has 15 heteroatoms. The molecule has 1 unspecified atom stereocenters. The Morgan fingerprint density at radius 1 is 1.18 bits per heavy atom. The van der Waals surface area contributed by atoms with Gasteiger partial charge >= 0.3 is 6.18 Å². The highest BCUT2D eigenvalue weighted by Crippen LogP contribution is 2.35. The molecule has 2 N–H and O–H groups in total. The van der Waals surface area contributed by atoms with Crippen LogP contribution in [-0.4, -0.2) is 88.8 Å². The van der Waals surface area contributed by atoms with E-state index in [4.69, 9.17) is 5.73 Å². The predicted molar refractivity (Wildman–Crippen MR) is 118 cm³/mol. The van der Waals surface area contributed by atoms with Gasteiger partial charge in [0.2, 0.25) is 20.1 Å². The smallest absolute Gasteiger partial charge is 0.383 e.